The normalized spacial score (nSPS) is 10.7. The van der Waals surface area contributed by atoms with E-state index in [2.05, 4.69) is 16.9 Å². The van der Waals surface area contributed by atoms with Gasteiger partial charge in [0.25, 0.3) is 0 Å². The summed E-state index contributed by atoms with van der Waals surface area (Å²) in [6.45, 7) is 6.72. The van der Waals surface area contributed by atoms with Crippen LogP contribution in [0.3, 0.4) is 0 Å². The van der Waals surface area contributed by atoms with E-state index in [1.54, 1.807) is 12.1 Å². The summed E-state index contributed by atoms with van der Waals surface area (Å²) in [4.78, 5) is 11.0. The number of rotatable bonds is 5. The van der Waals surface area contributed by atoms with E-state index in [4.69, 9.17) is 11.6 Å². The van der Waals surface area contributed by atoms with Crippen molar-refractivity contribution in [2.45, 2.75) is 33.6 Å². The Morgan fingerprint density at radius 3 is 2.38 bits per heavy atom. The topological polar surface area (TPSA) is 29.0 Å². The van der Waals surface area contributed by atoms with Crippen LogP contribution in [0.4, 0.5) is 15.9 Å². The summed E-state index contributed by atoms with van der Waals surface area (Å²) < 4.78 is 13.1. The lowest BCUT2D eigenvalue weighted by molar-refractivity contribution is 0.627. The van der Waals surface area contributed by atoms with Crippen LogP contribution in [0.5, 0.6) is 0 Å². The first-order chi connectivity index (χ1) is 10.1. The highest BCUT2D eigenvalue weighted by Crippen LogP contribution is 2.29. The molecule has 0 atom stereocenters. The molecule has 1 aromatic carbocycles. The van der Waals surface area contributed by atoms with E-state index < -0.39 is 0 Å². The van der Waals surface area contributed by atoms with Crippen molar-refractivity contribution >= 4 is 23.1 Å². The summed E-state index contributed by atoms with van der Waals surface area (Å²) in [5, 5.41) is 0.476. The van der Waals surface area contributed by atoms with Gasteiger partial charge in [-0.05, 0) is 44.5 Å². The Morgan fingerprint density at radius 2 is 1.81 bits per heavy atom. The van der Waals surface area contributed by atoms with Crippen LogP contribution in [-0.2, 0) is 6.42 Å². The van der Waals surface area contributed by atoms with Crippen LogP contribution in [0, 0.1) is 12.7 Å². The van der Waals surface area contributed by atoms with E-state index in [-0.39, 0.29) is 5.82 Å². The molecule has 21 heavy (non-hydrogen) atoms. The maximum absolute atomic E-state index is 13.1. The summed E-state index contributed by atoms with van der Waals surface area (Å²) in [7, 11) is 0. The van der Waals surface area contributed by atoms with Crippen molar-refractivity contribution in [3.63, 3.8) is 0 Å². The second-order valence-corrected chi connectivity index (χ2v) is 5.21. The fourth-order valence-corrected chi connectivity index (χ4v) is 2.38. The highest BCUT2D eigenvalue weighted by molar-refractivity contribution is 6.30. The predicted octanol–water partition coefficient (Wildman–Crippen LogP) is 4.69. The van der Waals surface area contributed by atoms with Crippen molar-refractivity contribution < 1.29 is 4.39 Å². The molecule has 112 valence electrons. The second-order valence-electron chi connectivity index (χ2n) is 4.85. The fourth-order valence-electron chi connectivity index (χ4n) is 2.19. The Labute approximate surface area is 129 Å². The zero-order valence-electron chi connectivity index (χ0n) is 12.5. The molecule has 0 aliphatic rings. The summed E-state index contributed by atoms with van der Waals surface area (Å²) in [5.41, 5.74) is 1.72. The van der Waals surface area contributed by atoms with Crippen LogP contribution in [0.15, 0.2) is 24.3 Å². The molecular formula is C16H19ClFN3. The fraction of sp³-hybridized carbons (Fsp3) is 0.375. The third-order valence-electron chi connectivity index (χ3n) is 3.29. The van der Waals surface area contributed by atoms with Crippen LogP contribution < -0.4 is 4.90 Å². The Bertz CT molecular complexity index is 614. The third-order valence-corrected chi connectivity index (χ3v) is 3.66. The minimum Gasteiger partial charge on any atom is -0.326 e. The van der Waals surface area contributed by atoms with Gasteiger partial charge >= 0.3 is 0 Å². The Kier molecular flexibility index (Phi) is 5.12. The summed E-state index contributed by atoms with van der Waals surface area (Å²) in [6.07, 6.45) is 1.75. The van der Waals surface area contributed by atoms with Gasteiger partial charge in [-0.3, -0.25) is 0 Å². The zero-order valence-corrected chi connectivity index (χ0v) is 13.3. The van der Waals surface area contributed by atoms with Gasteiger partial charge in [-0.2, -0.15) is 0 Å². The second kappa shape index (κ2) is 6.85. The first kappa shape index (κ1) is 15.7. The van der Waals surface area contributed by atoms with Gasteiger partial charge in [0.1, 0.15) is 22.6 Å². The van der Waals surface area contributed by atoms with Crippen LogP contribution in [-0.4, -0.2) is 16.5 Å². The summed E-state index contributed by atoms with van der Waals surface area (Å²) >= 11 is 6.23. The third kappa shape index (κ3) is 3.50. The molecule has 0 aliphatic heterocycles. The standard InChI is InChI=1S/C16H19ClFN3/c1-4-6-14-19-15(17)11(3)16(20-14)21(5-2)13-9-7-12(18)8-10-13/h7-10H,4-6H2,1-3H3. The lowest BCUT2D eigenvalue weighted by Gasteiger charge is -2.24. The maximum atomic E-state index is 13.1. The Morgan fingerprint density at radius 1 is 1.14 bits per heavy atom. The van der Waals surface area contributed by atoms with Gasteiger partial charge in [-0.15, -0.1) is 0 Å². The van der Waals surface area contributed by atoms with E-state index in [9.17, 15) is 4.39 Å². The number of benzene rings is 1. The molecule has 0 N–H and O–H groups in total. The SMILES string of the molecule is CCCc1nc(Cl)c(C)c(N(CC)c2ccc(F)cc2)n1. The summed E-state index contributed by atoms with van der Waals surface area (Å²) in [5.74, 6) is 1.27. The Hall–Kier alpha value is -1.68. The van der Waals surface area contributed by atoms with Gasteiger partial charge in [-0.25, -0.2) is 14.4 Å². The van der Waals surface area contributed by atoms with Crippen molar-refractivity contribution in [3.8, 4) is 0 Å². The molecule has 3 nitrogen and oxygen atoms in total. The number of nitrogens with zero attached hydrogens (tertiary/aromatic N) is 3. The first-order valence-corrected chi connectivity index (χ1v) is 7.50. The molecule has 0 saturated carbocycles. The predicted molar refractivity (Wildman–Crippen MR) is 84.9 cm³/mol. The zero-order chi connectivity index (χ0) is 15.4. The molecule has 0 bridgehead atoms. The number of hydrogen-bond acceptors (Lipinski definition) is 3. The van der Waals surface area contributed by atoms with Gasteiger partial charge in [0, 0.05) is 24.2 Å². The molecule has 2 rings (SSSR count). The monoisotopic (exact) mass is 307 g/mol. The van der Waals surface area contributed by atoms with E-state index >= 15 is 0 Å². The number of aryl methyl sites for hydroxylation is 1. The molecule has 1 aromatic heterocycles. The lowest BCUT2D eigenvalue weighted by Crippen LogP contribution is -2.20. The van der Waals surface area contributed by atoms with Crippen molar-refractivity contribution in [2.75, 3.05) is 11.4 Å². The molecule has 0 amide bonds. The number of anilines is 2. The minimum absolute atomic E-state index is 0.251. The number of hydrogen-bond donors (Lipinski definition) is 0. The minimum atomic E-state index is -0.251. The molecule has 2 aromatic rings. The van der Waals surface area contributed by atoms with Crippen molar-refractivity contribution in [3.05, 3.63) is 46.6 Å². The maximum Gasteiger partial charge on any atom is 0.141 e. The van der Waals surface area contributed by atoms with E-state index in [1.165, 1.54) is 12.1 Å². The largest absolute Gasteiger partial charge is 0.326 e. The number of halogens is 2. The van der Waals surface area contributed by atoms with Crippen LogP contribution >= 0.6 is 11.6 Å². The van der Waals surface area contributed by atoms with E-state index in [1.807, 2.05) is 18.7 Å². The lowest BCUT2D eigenvalue weighted by atomic mass is 10.2. The van der Waals surface area contributed by atoms with E-state index in [0.29, 0.717) is 11.7 Å². The first-order valence-electron chi connectivity index (χ1n) is 7.12. The number of aromatic nitrogens is 2. The molecule has 0 saturated heterocycles. The van der Waals surface area contributed by atoms with Crippen LogP contribution in [0.1, 0.15) is 31.7 Å². The molecule has 5 heteroatoms. The average Bonchev–Trinajstić information content (AvgIpc) is 2.47. The van der Waals surface area contributed by atoms with Crippen LogP contribution in [0.2, 0.25) is 5.15 Å². The molecule has 0 unspecified atom stereocenters. The quantitative estimate of drug-likeness (QED) is 0.750. The highest BCUT2D eigenvalue weighted by atomic mass is 35.5. The van der Waals surface area contributed by atoms with Crippen LogP contribution in [0.25, 0.3) is 0 Å². The summed E-state index contributed by atoms with van der Waals surface area (Å²) in [6, 6.07) is 6.38. The molecule has 0 spiro atoms. The highest BCUT2D eigenvalue weighted by Gasteiger charge is 2.16. The molecule has 1 heterocycles. The molecule has 0 fully saturated rings. The van der Waals surface area contributed by atoms with Crippen molar-refractivity contribution in [2.24, 2.45) is 0 Å². The van der Waals surface area contributed by atoms with E-state index in [0.717, 1.165) is 35.7 Å². The van der Waals surface area contributed by atoms with Gasteiger partial charge < -0.3 is 4.90 Å². The van der Waals surface area contributed by atoms with Gasteiger partial charge in [0.05, 0.1) is 0 Å². The Balaban J connectivity index is 2.48. The molecule has 0 radical (unpaired) electrons. The van der Waals surface area contributed by atoms with Gasteiger partial charge in [0.15, 0.2) is 0 Å². The molecule has 0 aliphatic carbocycles. The smallest absolute Gasteiger partial charge is 0.141 e. The van der Waals surface area contributed by atoms with Gasteiger partial charge in [-0.1, -0.05) is 18.5 Å². The molecular weight excluding hydrogens is 289 g/mol. The average molecular weight is 308 g/mol. The van der Waals surface area contributed by atoms with Crippen molar-refractivity contribution in [1.82, 2.24) is 9.97 Å². The van der Waals surface area contributed by atoms with Gasteiger partial charge in [0.2, 0.25) is 0 Å². The van der Waals surface area contributed by atoms with Crippen molar-refractivity contribution in [1.29, 1.82) is 0 Å².